The van der Waals surface area contributed by atoms with Crippen LogP contribution in [0.1, 0.15) is 5.56 Å². The van der Waals surface area contributed by atoms with E-state index in [1.807, 2.05) is 18.2 Å². The summed E-state index contributed by atoms with van der Waals surface area (Å²) < 4.78 is 14.0. The number of ether oxygens (including phenoxy) is 3. The molecule has 0 saturated heterocycles. The highest BCUT2D eigenvalue weighted by Gasteiger charge is 2.29. The smallest absolute Gasteiger partial charge is 0.229 e. The van der Waals surface area contributed by atoms with Gasteiger partial charge in [-0.1, -0.05) is 40.9 Å². The minimum absolute atomic E-state index is 0.338. The normalized spacial score (nSPS) is 13.2. The van der Waals surface area contributed by atoms with Gasteiger partial charge < -0.3 is 19.9 Å². The molecule has 4 nitrogen and oxygen atoms in total. The maximum Gasteiger partial charge on any atom is 0.229 e. The Labute approximate surface area is 127 Å². The van der Waals surface area contributed by atoms with Crippen LogP contribution in [0.25, 0.3) is 0 Å². The molecule has 0 aliphatic heterocycles. The zero-order chi connectivity index (χ0) is 14.5. The summed E-state index contributed by atoms with van der Waals surface area (Å²) in [4.78, 5) is 0. The van der Waals surface area contributed by atoms with Crippen molar-refractivity contribution in [2.75, 3.05) is 20.8 Å². The molecular formula is C12H16Cl3NO3. The van der Waals surface area contributed by atoms with Gasteiger partial charge in [-0.25, -0.2) is 0 Å². The van der Waals surface area contributed by atoms with Crippen molar-refractivity contribution >= 4 is 34.8 Å². The van der Waals surface area contributed by atoms with Gasteiger partial charge in [0.15, 0.2) is 17.7 Å². The van der Waals surface area contributed by atoms with Crippen molar-refractivity contribution in [3.63, 3.8) is 0 Å². The minimum atomic E-state index is -1.63. The first-order chi connectivity index (χ1) is 8.88. The van der Waals surface area contributed by atoms with Gasteiger partial charge in [0, 0.05) is 0 Å². The van der Waals surface area contributed by atoms with E-state index in [9.17, 15) is 0 Å². The van der Waals surface area contributed by atoms with Gasteiger partial charge >= 0.3 is 0 Å². The average Bonchev–Trinajstić information content (AvgIpc) is 2.37. The average molecular weight is 329 g/mol. The van der Waals surface area contributed by atoms with Crippen molar-refractivity contribution in [1.82, 2.24) is 0 Å². The van der Waals surface area contributed by atoms with Crippen LogP contribution in [-0.4, -0.2) is 30.8 Å². The Kier molecular flexibility index (Phi) is 6.50. The van der Waals surface area contributed by atoms with E-state index in [-0.39, 0.29) is 0 Å². The fourth-order valence-corrected chi connectivity index (χ4v) is 1.62. The van der Waals surface area contributed by atoms with Crippen LogP contribution < -0.4 is 15.2 Å². The Hall–Kier alpha value is -0.390. The topological polar surface area (TPSA) is 53.7 Å². The van der Waals surface area contributed by atoms with Gasteiger partial charge in [0.25, 0.3) is 0 Å². The zero-order valence-electron chi connectivity index (χ0n) is 10.7. The van der Waals surface area contributed by atoms with Gasteiger partial charge in [-0.3, -0.25) is 0 Å². The number of alkyl halides is 3. The van der Waals surface area contributed by atoms with Crippen LogP contribution in [0.3, 0.4) is 0 Å². The van der Waals surface area contributed by atoms with Gasteiger partial charge in [0.2, 0.25) is 3.79 Å². The van der Waals surface area contributed by atoms with Crippen LogP contribution in [0, 0.1) is 0 Å². The molecule has 1 unspecified atom stereocenters. The number of halogens is 3. The molecule has 0 aromatic heterocycles. The van der Waals surface area contributed by atoms with Gasteiger partial charge in [0.1, 0.15) is 0 Å². The van der Waals surface area contributed by atoms with Crippen LogP contribution in [0.5, 0.6) is 11.5 Å². The first-order valence-corrected chi connectivity index (χ1v) is 6.66. The van der Waals surface area contributed by atoms with E-state index in [2.05, 4.69) is 0 Å². The lowest BCUT2D eigenvalue weighted by Crippen LogP contribution is -2.37. The summed E-state index contributed by atoms with van der Waals surface area (Å²) in [6.45, 7) is 0.338. The molecule has 0 fully saturated rings. The fourth-order valence-electron chi connectivity index (χ4n) is 1.43. The number of benzene rings is 1. The molecular weight excluding hydrogens is 312 g/mol. The summed E-state index contributed by atoms with van der Waals surface area (Å²) >= 11 is 16.8. The first kappa shape index (κ1) is 16.7. The summed E-state index contributed by atoms with van der Waals surface area (Å²) in [7, 11) is 3.16. The third kappa shape index (κ3) is 5.24. The number of hydrogen-bond donors (Lipinski definition) is 1. The molecule has 1 aromatic rings. The van der Waals surface area contributed by atoms with E-state index in [1.54, 1.807) is 14.2 Å². The molecule has 7 heteroatoms. The molecule has 2 N–H and O–H groups in total. The lowest BCUT2D eigenvalue weighted by Gasteiger charge is -2.20. The van der Waals surface area contributed by atoms with E-state index in [4.69, 9.17) is 54.7 Å². The first-order valence-electron chi connectivity index (χ1n) is 5.53. The molecule has 0 saturated carbocycles. The molecule has 108 valence electrons. The third-order valence-corrected chi connectivity index (χ3v) is 3.10. The second kappa shape index (κ2) is 7.41. The molecule has 0 aliphatic rings. The van der Waals surface area contributed by atoms with E-state index < -0.39 is 10.0 Å². The van der Waals surface area contributed by atoms with Crippen LogP contribution in [-0.2, 0) is 11.2 Å². The number of nitrogens with two attached hydrogens (primary N) is 1. The quantitative estimate of drug-likeness (QED) is 0.644. The molecule has 0 spiro atoms. The Bertz CT molecular complexity index is 410. The lowest BCUT2D eigenvalue weighted by atomic mass is 10.1. The Morgan fingerprint density at radius 3 is 2.32 bits per heavy atom. The van der Waals surface area contributed by atoms with E-state index >= 15 is 0 Å². The molecule has 0 heterocycles. The largest absolute Gasteiger partial charge is 0.493 e. The highest BCUT2D eigenvalue weighted by Crippen LogP contribution is 2.30. The third-order valence-electron chi connectivity index (χ3n) is 2.46. The molecule has 1 atom stereocenters. The van der Waals surface area contributed by atoms with Gasteiger partial charge in [0.05, 0.1) is 20.8 Å². The Morgan fingerprint density at radius 1 is 1.16 bits per heavy atom. The van der Waals surface area contributed by atoms with Crippen molar-refractivity contribution in [3.8, 4) is 11.5 Å². The molecule has 0 bridgehead atoms. The summed E-state index contributed by atoms with van der Waals surface area (Å²) in [6, 6.07) is 5.59. The van der Waals surface area contributed by atoms with Crippen LogP contribution in [0.4, 0.5) is 0 Å². The molecule has 1 aromatic carbocycles. The lowest BCUT2D eigenvalue weighted by molar-refractivity contribution is 0.0626. The van der Waals surface area contributed by atoms with Gasteiger partial charge in [-0.15, -0.1) is 0 Å². The van der Waals surface area contributed by atoms with Crippen molar-refractivity contribution in [2.45, 2.75) is 16.4 Å². The Morgan fingerprint density at radius 2 is 1.79 bits per heavy atom. The molecule has 19 heavy (non-hydrogen) atoms. The SMILES string of the molecule is COc1ccc(CCOC(N)C(Cl)(Cl)Cl)cc1OC. The van der Waals surface area contributed by atoms with Crippen molar-refractivity contribution in [2.24, 2.45) is 5.73 Å². The maximum absolute atomic E-state index is 5.60. The number of hydrogen-bond acceptors (Lipinski definition) is 4. The molecule has 1 rings (SSSR count). The van der Waals surface area contributed by atoms with Crippen LogP contribution in [0.15, 0.2) is 18.2 Å². The number of rotatable bonds is 6. The summed E-state index contributed by atoms with van der Waals surface area (Å²) in [5.41, 5.74) is 6.56. The summed E-state index contributed by atoms with van der Waals surface area (Å²) in [5.74, 6) is 1.33. The molecule has 0 aliphatic carbocycles. The monoisotopic (exact) mass is 327 g/mol. The van der Waals surface area contributed by atoms with Crippen molar-refractivity contribution in [1.29, 1.82) is 0 Å². The van der Waals surface area contributed by atoms with Crippen LogP contribution >= 0.6 is 34.8 Å². The minimum Gasteiger partial charge on any atom is -0.493 e. The van der Waals surface area contributed by atoms with Crippen molar-refractivity contribution < 1.29 is 14.2 Å². The highest BCUT2D eigenvalue weighted by molar-refractivity contribution is 6.68. The second-order valence-electron chi connectivity index (χ2n) is 3.77. The second-order valence-corrected chi connectivity index (χ2v) is 6.14. The standard InChI is InChI=1S/C12H16Cl3NO3/c1-17-9-4-3-8(7-10(9)18-2)5-6-19-11(16)12(13,14)15/h3-4,7,11H,5-6,16H2,1-2H3. The van der Waals surface area contributed by atoms with Gasteiger partial charge in [-0.05, 0) is 24.1 Å². The predicted octanol–water partition coefficient (Wildman–Crippen LogP) is 2.92. The molecule has 0 radical (unpaired) electrons. The van der Waals surface area contributed by atoms with Crippen LogP contribution in [0.2, 0.25) is 0 Å². The highest BCUT2D eigenvalue weighted by atomic mass is 35.6. The van der Waals surface area contributed by atoms with E-state index in [1.165, 1.54) is 0 Å². The summed E-state index contributed by atoms with van der Waals surface area (Å²) in [6.07, 6.45) is -0.341. The fraction of sp³-hybridized carbons (Fsp3) is 0.500. The summed E-state index contributed by atoms with van der Waals surface area (Å²) in [5, 5.41) is 0. The Balaban J connectivity index is 2.54. The molecule has 0 amide bonds. The zero-order valence-corrected chi connectivity index (χ0v) is 12.9. The van der Waals surface area contributed by atoms with E-state index in [0.717, 1.165) is 5.56 Å². The predicted molar refractivity (Wildman–Crippen MR) is 77.5 cm³/mol. The number of methoxy groups -OCH3 is 2. The van der Waals surface area contributed by atoms with Crippen molar-refractivity contribution in [3.05, 3.63) is 23.8 Å². The maximum atomic E-state index is 5.60. The van der Waals surface area contributed by atoms with E-state index in [0.29, 0.717) is 24.5 Å². The van der Waals surface area contributed by atoms with Gasteiger partial charge in [-0.2, -0.15) is 0 Å².